The van der Waals surface area contributed by atoms with Crippen LogP contribution in [0.25, 0.3) is 0 Å². The number of carbonyl (C=O) groups excluding carboxylic acids is 1. The molecule has 2 aliphatic rings. The summed E-state index contributed by atoms with van der Waals surface area (Å²) in [4.78, 5) is 11.3. The Kier molecular flexibility index (Phi) is 2.52. The third-order valence-electron chi connectivity index (χ3n) is 4.23. The predicted molar refractivity (Wildman–Crippen MR) is 53.6 cm³/mol. The summed E-state index contributed by atoms with van der Waals surface area (Å²) in [6.07, 6.45) is 5.56. The van der Waals surface area contributed by atoms with Gasteiger partial charge in [0.15, 0.2) is 0 Å². The summed E-state index contributed by atoms with van der Waals surface area (Å²) >= 11 is 0. The van der Waals surface area contributed by atoms with Crippen molar-refractivity contribution in [2.24, 2.45) is 23.0 Å². The molecular weight excluding hydrogens is 178 g/mol. The maximum Gasteiger partial charge on any atom is 0.306 e. The lowest BCUT2D eigenvalue weighted by Crippen LogP contribution is -2.38. The standard InChI is InChI=1S/C11H19NO2/c1-14-10(13)6-11(7-12)5-8-2-3-9(11)4-8/h8-9H,2-7,12H2,1H3. The van der Waals surface area contributed by atoms with Crippen LogP contribution in [0.1, 0.15) is 32.1 Å². The second-order valence-electron chi connectivity index (χ2n) is 4.90. The minimum absolute atomic E-state index is 0.0794. The van der Waals surface area contributed by atoms with Crippen molar-refractivity contribution in [3.05, 3.63) is 0 Å². The van der Waals surface area contributed by atoms with E-state index in [9.17, 15) is 4.79 Å². The summed E-state index contributed by atoms with van der Waals surface area (Å²) in [5, 5.41) is 0. The van der Waals surface area contributed by atoms with Gasteiger partial charge in [0.25, 0.3) is 0 Å². The van der Waals surface area contributed by atoms with Gasteiger partial charge in [0.1, 0.15) is 0 Å². The first kappa shape index (κ1) is 9.97. The van der Waals surface area contributed by atoms with Crippen molar-refractivity contribution in [3.8, 4) is 0 Å². The second kappa shape index (κ2) is 3.54. The number of hydrogen-bond donors (Lipinski definition) is 1. The number of hydrogen-bond acceptors (Lipinski definition) is 3. The average Bonchev–Trinajstić information content (AvgIpc) is 2.77. The van der Waals surface area contributed by atoms with E-state index in [1.165, 1.54) is 26.4 Å². The molecule has 2 fully saturated rings. The minimum Gasteiger partial charge on any atom is -0.469 e. The fourth-order valence-electron chi connectivity index (χ4n) is 3.46. The molecule has 3 atom stereocenters. The van der Waals surface area contributed by atoms with E-state index in [1.54, 1.807) is 0 Å². The topological polar surface area (TPSA) is 52.3 Å². The lowest BCUT2D eigenvalue weighted by atomic mass is 9.71. The molecule has 2 saturated carbocycles. The molecule has 0 spiro atoms. The predicted octanol–water partition coefficient (Wildman–Crippen LogP) is 1.31. The summed E-state index contributed by atoms with van der Waals surface area (Å²) < 4.78 is 4.75. The molecule has 0 radical (unpaired) electrons. The van der Waals surface area contributed by atoms with E-state index in [-0.39, 0.29) is 11.4 Å². The van der Waals surface area contributed by atoms with Gasteiger partial charge in [0, 0.05) is 0 Å². The number of carbonyl (C=O) groups is 1. The quantitative estimate of drug-likeness (QED) is 0.694. The zero-order chi connectivity index (χ0) is 10.2. The normalized spacial score (nSPS) is 40.1. The summed E-state index contributed by atoms with van der Waals surface area (Å²) in [7, 11) is 1.46. The molecule has 0 aromatic rings. The van der Waals surface area contributed by atoms with E-state index in [1.807, 2.05) is 0 Å². The van der Waals surface area contributed by atoms with E-state index in [0.29, 0.717) is 18.9 Å². The molecule has 0 amide bonds. The molecule has 3 heteroatoms. The third kappa shape index (κ3) is 1.44. The molecule has 0 aromatic carbocycles. The van der Waals surface area contributed by atoms with Gasteiger partial charge >= 0.3 is 5.97 Å². The van der Waals surface area contributed by atoms with E-state index in [0.717, 1.165) is 12.3 Å². The molecule has 80 valence electrons. The summed E-state index contributed by atoms with van der Waals surface area (Å²) in [6.45, 7) is 0.642. The molecule has 3 unspecified atom stereocenters. The molecular formula is C11H19NO2. The minimum atomic E-state index is -0.0944. The molecule has 0 heterocycles. The van der Waals surface area contributed by atoms with Crippen LogP contribution in [0.4, 0.5) is 0 Å². The smallest absolute Gasteiger partial charge is 0.306 e. The Morgan fingerprint density at radius 3 is 2.79 bits per heavy atom. The lowest BCUT2D eigenvalue weighted by Gasteiger charge is -2.35. The van der Waals surface area contributed by atoms with Gasteiger partial charge in [0.05, 0.1) is 13.5 Å². The maximum atomic E-state index is 11.3. The number of esters is 1. The monoisotopic (exact) mass is 197 g/mol. The first-order valence-electron chi connectivity index (χ1n) is 5.47. The molecule has 14 heavy (non-hydrogen) atoms. The molecule has 2 rings (SSSR count). The van der Waals surface area contributed by atoms with Crippen LogP contribution in [0.2, 0.25) is 0 Å². The van der Waals surface area contributed by atoms with Crippen LogP contribution >= 0.6 is 0 Å². The van der Waals surface area contributed by atoms with Gasteiger partial charge in [-0.3, -0.25) is 4.79 Å². The van der Waals surface area contributed by atoms with Crippen molar-refractivity contribution in [3.63, 3.8) is 0 Å². The van der Waals surface area contributed by atoms with E-state index in [2.05, 4.69) is 0 Å². The number of nitrogens with two attached hydrogens (primary N) is 1. The average molecular weight is 197 g/mol. The molecule has 0 aliphatic heterocycles. The zero-order valence-electron chi connectivity index (χ0n) is 8.79. The maximum absolute atomic E-state index is 11.3. The van der Waals surface area contributed by atoms with Crippen LogP contribution < -0.4 is 5.73 Å². The number of fused-ring (bicyclic) bond motifs is 2. The summed E-state index contributed by atoms with van der Waals surface area (Å²) in [5.41, 5.74) is 5.93. The van der Waals surface area contributed by atoms with Crippen LogP contribution in [0.5, 0.6) is 0 Å². The SMILES string of the molecule is COC(=O)CC1(CN)CC2CCC1C2. The van der Waals surface area contributed by atoms with Gasteiger partial charge in [0.2, 0.25) is 0 Å². The van der Waals surface area contributed by atoms with Crippen molar-refractivity contribution < 1.29 is 9.53 Å². The third-order valence-corrected chi connectivity index (χ3v) is 4.23. The van der Waals surface area contributed by atoms with E-state index in [4.69, 9.17) is 10.5 Å². The number of rotatable bonds is 3. The van der Waals surface area contributed by atoms with E-state index >= 15 is 0 Å². The Balaban J connectivity index is 2.07. The second-order valence-corrected chi connectivity index (χ2v) is 4.90. The Hall–Kier alpha value is -0.570. The molecule has 2 aliphatic carbocycles. The van der Waals surface area contributed by atoms with Gasteiger partial charge in [-0.1, -0.05) is 6.42 Å². The Morgan fingerprint density at radius 1 is 1.57 bits per heavy atom. The van der Waals surface area contributed by atoms with Crippen molar-refractivity contribution in [2.45, 2.75) is 32.1 Å². The number of ether oxygens (including phenoxy) is 1. The highest BCUT2D eigenvalue weighted by Gasteiger charge is 2.50. The van der Waals surface area contributed by atoms with Crippen LogP contribution in [-0.4, -0.2) is 19.6 Å². The van der Waals surface area contributed by atoms with Gasteiger partial charge in [-0.05, 0) is 43.1 Å². The molecule has 3 nitrogen and oxygen atoms in total. The van der Waals surface area contributed by atoms with Crippen LogP contribution in [0, 0.1) is 17.3 Å². The molecule has 2 bridgehead atoms. The van der Waals surface area contributed by atoms with Crippen molar-refractivity contribution in [2.75, 3.05) is 13.7 Å². The first-order valence-corrected chi connectivity index (χ1v) is 5.47. The fourth-order valence-corrected chi connectivity index (χ4v) is 3.46. The Labute approximate surface area is 85.0 Å². The molecule has 2 N–H and O–H groups in total. The Bertz CT molecular complexity index is 241. The van der Waals surface area contributed by atoms with Crippen LogP contribution in [0.3, 0.4) is 0 Å². The van der Waals surface area contributed by atoms with Crippen molar-refractivity contribution >= 4 is 5.97 Å². The van der Waals surface area contributed by atoms with Gasteiger partial charge in [-0.2, -0.15) is 0 Å². The first-order chi connectivity index (χ1) is 6.70. The fraction of sp³-hybridized carbons (Fsp3) is 0.909. The largest absolute Gasteiger partial charge is 0.469 e. The van der Waals surface area contributed by atoms with Gasteiger partial charge in [-0.15, -0.1) is 0 Å². The highest BCUT2D eigenvalue weighted by molar-refractivity contribution is 5.70. The van der Waals surface area contributed by atoms with E-state index < -0.39 is 0 Å². The molecule has 0 saturated heterocycles. The zero-order valence-corrected chi connectivity index (χ0v) is 8.79. The summed E-state index contributed by atoms with van der Waals surface area (Å²) in [6, 6.07) is 0. The highest BCUT2D eigenvalue weighted by atomic mass is 16.5. The summed E-state index contributed by atoms with van der Waals surface area (Å²) in [5.74, 6) is 1.41. The highest BCUT2D eigenvalue weighted by Crippen LogP contribution is 2.57. The van der Waals surface area contributed by atoms with Gasteiger partial charge < -0.3 is 10.5 Å². The van der Waals surface area contributed by atoms with Crippen LogP contribution in [0.15, 0.2) is 0 Å². The number of methoxy groups -OCH3 is 1. The van der Waals surface area contributed by atoms with Crippen molar-refractivity contribution in [1.29, 1.82) is 0 Å². The Morgan fingerprint density at radius 2 is 2.36 bits per heavy atom. The molecule has 0 aromatic heterocycles. The lowest BCUT2D eigenvalue weighted by molar-refractivity contribution is -0.144. The van der Waals surface area contributed by atoms with Crippen molar-refractivity contribution in [1.82, 2.24) is 0 Å². The van der Waals surface area contributed by atoms with Gasteiger partial charge in [-0.25, -0.2) is 0 Å². The van der Waals surface area contributed by atoms with Crippen LogP contribution in [-0.2, 0) is 9.53 Å².